The SMILES string of the molecule is CC(C)(C)c1cc(-c2nccc3cc(-c4cc5occc5cn4)sc23)[c-]c2ccccc12.CCC(C)(CC)C(=O)/C=C(\O)C(C)(CC)CC.[Ir]. The van der Waals surface area contributed by atoms with Crippen LogP contribution >= 0.6 is 11.3 Å². The minimum absolute atomic E-state index is 0. The van der Waals surface area contributed by atoms with E-state index < -0.39 is 0 Å². The molecule has 0 aliphatic rings. The Morgan fingerprint density at radius 2 is 1.56 bits per heavy atom. The number of furan rings is 1. The third-order valence-corrected chi connectivity index (χ3v) is 11.6. The Balaban J connectivity index is 0.000000269. The molecule has 5 nitrogen and oxygen atoms in total. The summed E-state index contributed by atoms with van der Waals surface area (Å²) >= 11 is 1.72. The zero-order valence-electron chi connectivity index (χ0n) is 30.7. The molecular formula is C43H49IrN2O3S-. The molecule has 0 fully saturated rings. The monoisotopic (exact) mass is 866 g/mol. The molecule has 0 saturated heterocycles. The molecule has 7 heteroatoms. The van der Waals surface area contributed by atoms with Gasteiger partial charge in [-0.1, -0.05) is 91.5 Å². The molecule has 0 unspecified atom stereocenters. The van der Waals surface area contributed by atoms with Crippen molar-refractivity contribution in [3.05, 3.63) is 96.7 Å². The van der Waals surface area contributed by atoms with Gasteiger partial charge in [-0.15, -0.1) is 40.5 Å². The zero-order chi connectivity index (χ0) is 35.6. The van der Waals surface area contributed by atoms with Crippen LogP contribution in [0.5, 0.6) is 0 Å². The van der Waals surface area contributed by atoms with Gasteiger partial charge >= 0.3 is 0 Å². The number of aliphatic hydroxyl groups excluding tert-OH is 1. The molecule has 4 aromatic heterocycles. The van der Waals surface area contributed by atoms with Gasteiger partial charge in [-0.25, -0.2) is 0 Å². The molecule has 0 saturated carbocycles. The number of hydrogen-bond acceptors (Lipinski definition) is 6. The van der Waals surface area contributed by atoms with E-state index in [1.807, 2.05) is 66.1 Å². The van der Waals surface area contributed by atoms with E-state index in [1.165, 1.54) is 17.0 Å². The van der Waals surface area contributed by atoms with E-state index in [-0.39, 0.29) is 47.9 Å². The maximum Gasteiger partial charge on any atom is 0.164 e. The molecule has 6 rings (SSSR count). The van der Waals surface area contributed by atoms with Gasteiger partial charge in [0, 0.05) is 71.3 Å². The van der Waals surface area contributed by atoms with E-state index in [2.05, 4.69) is 74.3 Å². The number of thiophene rings is 1. The number of aromatic nitrogens is 2. The van der Waals surface area contributed by atoms with Crippen molar-refractivity contribution in [1.29, 1.82) is 0 Å². The van der Waals surface area contributed by atoms with Crippen LogP contribution in [0, 0.1) is 16.9 Å². The van der Waals surface area contributed by atoms with Crippen LogP contribution < -0.4 is 0 Å². The van der Waals surface area contributed by atoms with Gasteiger partial charge in [0.05, 0.1) is 16.8 Å². The minimum Gasteiger partial charge on any atom is -0.512 e. The number of benzene rings is 2. The number of pyridine rings is 2. The number of allylic oxidation sites excluding steroid dienone is 2. The molecule has 6 aromatic rings. The van der Waals surface area contributed by atoms with Gasteiger partial charge in [0.1, 0.15) is 11.3 Å². The first kappa shape index (κ1) is 39.2. The van der Waals surface area contributed by atoms with E-state index >= 15 is 0 Å². The van der Waals surface area contributed by atoms with Crippen molar-refractivity contribution in [3.8, 4) is 21.8 Å². The Kier molecular flexibility index (Phi) is 12.3. The summed E-state index contributed by atoms with van der Waals surface area (Å²) < 4.78 is 6.73. The second-order valence-corrected chi connectivity index (χ2v) is 15.6. The van der Waals surface area contributed by atoms with E-state index in [0.717, 1.165) is 74.0 Å². The first-order chi connectivity index (χ1) is 23.3. The average molecular weight is 866 g/mol. The van der Waals surface area contributed by atoms with Gasteiger partial charge in [-0.05, 0) is 54.7 Å². The molecule has 1 N–H and O–H groups in total. The van der Waals surface area contributed by atoms with Crippen LogP contribution in [0.4, 0.5) is 0 Å². The maximum absolute atomic E-state index is 12.2. The largest absolute Gasteiger partial charge is 0.512 e. The first-order valence-corrected chi connectivity index (χ1v) is 18.2. The number of aliphatic hydroxyl groups is 1. The third kappa shape index (κ3) is 7.96. The summed E-state index contributed by atoms with van der Waals surface area (Å²) in [5.74, 6) is 0.286. The van der Waals surface area contributed by atoms with Crippen LogP contribution in [0.3, 0.4) is 0 Å². The van der Waals surface area contributed by atoms with Gasteiger partial charge < -0.3 is 9.52 Å². The molecule has 0 bridgehead atoms. The van der Waals surface area contributed by atoms with Crippen LogP contribution in [0.25, 0.3) is 53.7 Å². The number of hydrogen-bond donors (Lipinski definition) is 1. The fraction of sp³-hybridized carbons (Fsp3) is 0.372. The molecule has 0 spiro atoms. The quantitative estimate of drug-likeness (QED) is 0.0890. The van der Waals surface area contributed by atoms with Crippen LogP contribution in [0.1, 0.15) is 93.6 Å². The average Bonchev–Trinajstić information content (AvgIpc) is 3.77. The van der Waals surface area contributed by atoms with Crippen molar-refractivity contribution < 1.29 is 34.4 Å². The van der Waals surface area contributed by atoms with Crippen molar-refractivity contribution in [2.45, 2.75) is 93.4 Å². The number of ketones is 1. The van der Waals surface area contributed by atoms with Gasteiger partial charge in [0.15, 0.2) is 5.78 Å². The number of carbonyl (C=O) groups excluding carboxylic acids is 1. The number of rotatable bonds is 9. The molecule has 0 aliphatic carbocycles. The predicted molar refractivity (Wildman–Crippen MR) is 206 cm³/mol. The standard InChI is InChI=1S/C28H21N2OS.C15H28O2.Ir/c1-28(2,3)22-13-20(12-17-6-4-5-7-21(17)22)26-27-18(8-10-29-26)14-25(32-27)23-15-24-19(16-30-23)9-11-31-24;1-7-14(5,8-2)12(16)11-13(17)15(6,9-3)10-4;/h4-11,13-16H,1-3H3;11,16H,7-10H2,1-6H3;/q-1;;/b;12-11-;. The summed E-state index contributed by atoms with van der Waals surface area (Å²) in [5, 5.41) is 14.7. The van der Waals surface area contributed by atoms with Crippen molar-refractivity contribution in [2.24, 2.45) is 10.8 Å². The van der Waals surface area contributed by atoms with Gasteiger partial charge in [0.2, 0.25) is 0 Å². The Morgan fingerprint density at radius 3 is 2.22 bits per heavy atom. The van der Waals surface area contributed by atoms with E-state index in [9.17, 15) is 9.90 Å². The summed E-state index contributed by atoms with van der Waals surface area (Å²) in [6.07, 6.45) is 10.2. The van der Waals surface area contributed by atoms with Crippen molar-refractivity contribution in [2.75, 3.05) is 0 Å². The topological polar surface area (TPSA) is 76.2 Å². The maximum atomic E-state index is 12.2. The van der Waals surface area contributed by atoms with Crippen molar-refractivity contribution >= 4 is 48.9 Å². The molecular weight excluding hydrogens is 817 g/mol. The molecule has 0 aliphatic heterocycles. The molecule has 1 radical (unpaired) electrons. The Morgan fingerprint density at radius 1 is 0.880 bits per heavy atom. The Hall–Kier alpha value is -3.64. The van der Waals surface area contributed by atoms with E-state index in [0.29, 0.717) is 0 Å². The number of carbonyl (C=O) groups is 1. The Labute approximate surface area is 314 Å². The van der Waals surface area contributed by atoms with E-state index in [4.69, 9.17) is 9.40 Å². The van der Waals surface area contributed by atoms with Crippen molar-refractivity contribution in [1.82, 2.24) is 9.97 Å². The predicted octanol–water partition coefficient (Wildman–Crippen LogP) is 12.7. The van der Waals surface area contributed by atoms with Crippen LogP contribution in [0.15, 0.2) is 89.5 Å². The second kappa shape index (κ2) is 15.7. The summed E-state index contributed by atoms with van der Waals surface area (Å²) in [5.41, 5.74) is 4.48. The molecule has 0 amide bonds. The summed E-state index contributed by atoms with van der Waals surface area (Å²) in [7, 11) is 0. The fourth-order valence-electron chi connectivity index (χ4n) is 5.93. The summed E-state index contributed by atoms with van der Waals surface area (Å²) in [6, 6.07) is 22.6. The van der Waals surface area contributed by atoms with Crippen LogP contribution in [0.2, 0.25) is 0 Å². The second-order valence-electron chi connectivity index (χ2n) is 14.5. The first-order valence-electron chi connectivity index (χ1n) is 17.4. The number of nitrogens with zero attached hydrogens (tertiary/aromatic N) is 2. The molecule has 0 atom stereocenters. The van der Waals surface area contributed by atoms with E-state index in [1.54, 1.807) is 17.6 Å². The fourth-order valence-corrected chi connectivity index (χ4v) is 7.06. The van der Waals surface area contributed by atoms with Gasteiger partial charge in [-0.2, -0.15) is 0 Å². The molecule has 4 heterocycles. The third-order valence-electron chi connectivity index (χ3n) is 10.5. The van der Waals surface area contributed by atoms with Crippen LogP contribution in [-0.4, -0.2) is 20.9 Å². The zero-order valence-corrected chi connectivity index (χ0v) is 33.9. The Bertz CT molecular complexity index is 2130. The number of fused-ring (bicyclic) bond motifs is 3. The van der Waals surface area contributed by atoms with Crippen LogP contribution in [-0.2, 0) is 30.3 Å². The molecule has 2 aromatic carbocycles. The molecule has 265 valence electrons. The molecule has 50 heavy (non-hydrogen) atoms. The summed E-state index contributed by atoms with van der Waals surface area (Å²) in [4.78, 5) is 22.7. The van der Waals surface area contributed by atoms with Gasteiger partial charge in [-0.3, -0.25) is 14.8 Å². The normalized spacial score (nSPS) is 12.5. The van der Waals surface area contributed by atoms with Crippen molar-refractivity contribution in [3.63, 3.8) is 0 Å². The van der Waals surface area contributed by atoms with Gasteiger partial charge in [0.25, 0.3) is 0 Å². The minimum atomic E-state index is -0.337. The summed E-state index contributed by atoms with van der Waals surface area (Å²) in [6.45, 7) is 18.9. The smallest absolute Gasteiger partial charge is 0.164 e.